The quantitative estimate of drug-likeness (QED) is 0.751. The molecule has 2 rings (SSSR count). The molecule has 0 unspecified atom stereocenters. The van der Waals surface area contributed by atoms with E-state index < -0.39 is 11.7 Å². The number of rotatable bonds is 8. The van der Waals surface area contributed by atoms with Crippen molar-refractivity contribution < 1.29 is 18.8 Å². The van der Waals surface area contributed by atoms with Crippen LogP contribution in [0.3, 0.4) is 0 Å². The van der Waals surface area contributed by atoms with Gasteiger partial charge in [-0.2, -0.15) is 0 Å². The predicted octanol–water partition coefficient (Wildman–Crippen LogP) is 2.90. The summed E-state index contributed by atoms with van der Waals surface area (Å²) in [6.45, 7) is 7.83. The number of nitrogens with one attached hydrogen (secondary N) is 2. The lowest BCUT2D eigenvalue weighted by Gasteiger charge is -2.22. The maximum Gasteiger partial charge on any atom is 0.407 e. The summed E-state index contributed by atoms with van der Waals surface area (Å²) in [6.07, 6.45) is 3.37. The highest BCUT2D eigenvalue weighted by Crippen LogP contribution is 2.40. The van der Waals surface area contributed by atoms with Crippen molar-refractivity contribution in [2.45, 2.75) is 77.4 Å². The fourth-order valence-electron chi connectivity index (χ4n) is 2.40. The van der Waals surface area contributed by atoms with Crippen molar-refractivity contribution in [3.05, 3.63) is 17.5 Å². The summed E-state index contributed by atoms with van der Waals surface area (Å²) in [5, 5.41) is 9.62. The van der Waals surface area contributed by atoms with E-state index in [1.165, 1.54) is 12.8 Å². The van der Waals surface area contributed by atoms with Crippen molar-refractivity contribution in [1.29, 1.82) is 0 Å². The summed E-state index contributed by atoms with van der Waals surface area (Å²) in [6, 6.07) is 1.73. The number of amides is 2. The average molecular weight is 351 g/mol. The molecule has 0 spiro atoms. The van der Waals surface area contributed by atoms with Gasteiger partial charge in [0, 0.05) is 37.4 Å². The summed E-state index contributed by atoms with van der Waals surface area (Å²) < 4.78 is 10.5. The van der Waals surface area contributed by atoms with Crippen molar-refractivity contribution in [3.8, 4) is 0 Å². The minimum absolute atomic E-state index is 0.103. The molecule has 25 heavy (non-hydrogen) atoms. The SMILES string of the molecule is CC[C@@H](CC(=O)NCCc1cc(C2CC2)on1)NC(=O)OC(C)(C)C. The smallest absolute Gasteiger partial charge is 0.407 e. The van der Waals surface area contributed by atoms with E-state index in [2.05, 4.69) is 15.8 Å². The molecule has 0 bridgehead atoms. The van der Waals surface area contributed by atoms with Gasteiger partial charge in [0.25, 0.3) is 0 Å². The van der Waals surface area contributed by atoms with Crippen LogP contribution in [0.1, 0.15) is 70.8 Å². The van der Waals surface area contributed by atoms with E-state index in [-0.39, 0.29) is 18.4 Å². The molecule has 140 valence electrons. The summed E-state index contributed by atoms with van der Waals surface area (Å²) in [4.78, 5) is 23.8. The standard InChI is InChI=1S/C18H29N3O4/c1-5-13(20-17(23)24-18(2,3)4)11-16(22)19-9-8-14-10-15(25-21-14)12-6-7-12/h10,12-13H,5-9,11H2,1-4H3,(H,19,22)(H,20,23)/t13-/m0/s1. The minimum Gasteiger partial charge on any atom is -0.444 e. The minimum atomic E-state index is -0.554. The maximum atomic E-state index is 12.0. The van der Waals surface area contributed by atoms with Gasteiger partial charge < -0.3 is 19.9 Å². The van der Waals surface area contributed by atoms with E-state index in [1.54, 1.807) is 20.8 Å². The monoisotopic (exact) mass is 351 g/mol. The molecule has 1 saturated carbocycles. The highest BCUT2D eigenvalue weighted by molar-refractivity contribution is 5.77. The van der Waals surface area contributed by atoms with Crippen molar-refractivity contribution >= 4 is 12.0 Å². The number of hydrogen-bond donors (Lipinski definition) is 2. The Kier molecular flexibility index (Phi) is 6.45. The number of carbonyl (C=O) groups is 2. The fraction of sp³-hybridized carbons (Fsp3) is 0.722. The van der Waals surface area contributed by atoms with Gasteiger partial charge in [-0.15, -0.1) is 0 Å². The summed E-state index contributed by atoms with van der Waals surface area (Å²) in [7, 11) is 0. The molecule has 2 amide bonds. The van der Waals surface area contributed by atoms with Crippen molar-refractivity contribution in [3.63, 3.8) is 0 Å². The zero-order valence-corrected chi connectivity index (χ0v) is 15.6. The third-order valence-corrected chi connectivity index (χ3v) is 3.91. The lowest BCUT2D eigenvalue weighted by molar-refractivity contribution is -0.121. The number of ether oxygens (including phenoxy) is 1. The largest absolute Gasteiger partial charge is 0.444 e. The van der Waals surface area contributed by atoms with Gasteiger partial charge in [-0.3, -0.25) is 4.79 Å². The Hall–Kier alpha value is -2.05. The van der Waals surface area contributed by atoms with Crippen molar-refractivity contribution in [2.75, 3.05) is 6.54 Å². The second kappa shape index (κ2) is 8.36. The first-order valence-corrected chi connectivity index (χ1v) is 8.98. The molecule has 0 aliphatic heterocycles. The Balaban J connectivity index is 1.67. The van der Waals surface area contributed by atoms with Crippen LogP contribution >= 0.6 is 0 Å². The number of alkyl carbamates (subject to hydrolysis) is 1. The highest BCUT2D eigenvalue weighted by atomic mass is 16.6. The van der Waals surface area contributed by atoms with Gasteiger partial charge in [0.05, 0.1) is 5.69 Å². The van der Waals surface area contributed by atoms with Gasteiger partial charge in [-0.05, 0) is 40.0 Å². The molecular weight excluding hydrogens is 322 g/mol. The van der Waals surface area contributed by atoms with Crippen LogP contribution in [0.2, 0.25) is 0 Å². The number of carbonyl (C=O) groups excluding carboxylic acids is 2. The summed E-state index contributed by atoms with van der Waals surface area (Å²) >= 11 is 0. The van der Waals surface area contributed by atoms with Gasteiger partial charge in [0.1, 0.15) is 11.4 Å². The van der Waals surface area contributed by atoms with E-state index in [1.807, 2.05) is 13.0 Å². The van der Waals surface area contributed by atoms with E-state index in [9.17, 15) is 9.59 Å². The number of aromatic nitrogens is 1. The van der Waals surface area contributed by atoms with Gasteiger partial charge in [-0.25, -0.2) is 4.79 Å². The molecule has 1 fully saturated rings. The fourth-order valence-corrected chi connectivity index (χ4v) is 2.40. The van der Waals surface area contributed by atoms with Gasteiger partial charge in [-0.1, -0.05) is 12.1 Å². The van der Waals surface area contributed by atoms with E-state index in [0.29, 0.717) is 25.3 Å². The Morgan fingerprint density at radius 3 is 2.72 bits per heavy atom. The average Bonchev–Trinajstić information content (AvgIpc) is 3.24. The van der Waals surface area contributed by atoms with Gasteiger partial charge in [0.2, 0.25) is 5.91 Å². The summed E-state index contributed by atoms with van der Waals surface area (Å²) in [5.41, 5.74) is 0.308. The van der Waals surface area contributed by atoms with Crippen molar-refractivity contribution in [1.82, 2.24) is 15.8 Å². The number of nitrogens with zero attached hydrogens (tertiary/aromatic N) is 1. The summed E-state index contributed by atoms with van der Waals surface area (Å²) in [5.74, 6) is 1.39. The predicted molar refractivity (Wildman–Crippen MR) is 93.3 cm³/mol. The van der Waals surface area contributed by atoms with Gasteiger partial charge in [0.15, 0.2) is 0 Å². The molecule has 7 heteroatoms. The van der Waals surface area contributed by atoms with E-state index in [4.69, 9.17) is 9.26 Å². The Morgan fingerprint density at radius 2 is 2.12 bits per heavy atom. The van der Waals surface area contributed by atoms with E-state index in [0.717, 1.165) is 11.5 Å². The second-order valence-corrected chi connectivity index (χ2v) is 7.55. The Labute approximate surface area is 148 Å². The van der Waals surface area contributed by atoms with Gasteiger partial charge >= 0.3 is 6.09 Å². The third kappa shape index (κ3) is 7.15. The molecule has 0 aromatic carbocycles. The van der Waals surface area contributed by atoms with Crippen LogP contribution in [0, 0.1) is 0 Å². The van der Waals surface area contributed by atoms with Crippen LogP contribution < -0.4 is 10.6 Å². The first-order valence-electron chi connectivity index (χ1n) is 8.98. The molecular formula is C18H29N3O4. The molecule has 1 atom stereocenters. The first kappa shape index (κ1) is 19.3. The second-order valence-electron chi connectivity index (χ2n) is 7.55. The molecule has 1 heterocycles. The molecule has 2 N–H and O–H groups in total. The Bertz CT molecular complexity index is 587. The molecule has 1 aromatic rings. The molecule has 7 nitrogen and oxygen atoms in total. The topological polar surface area (TPSA) is 93.5 Å². The zero-order chi connectivity index (χ0) is 18.4. The van der Waals surface area contributed by atoms with Crippen molar-refractivity contribution in [2.24, 2.45) is 0 Å². The normalized spacial score (nSPS) is 15.5. The molecule has 1 aliphatic rings. The lowest BCUT2D eigenvalue weighted by atomic mass is 10.1. The molecule has 0 saturated heterocycles. The maximum absolute atomic E-state index is 12.0. The highest BCUT2D eigenvalue weighted by Gasteiger charge is 2.27. The zero-order valence-electron chi connectivity index (χ0n) is 15.6. The number of hydrogen-bond acceptors (Lipinski definition) is 5. The lowest BCUT2D eigenvalue weighted by Crippen LogP contribution is -2.41. The molecule has 1 aliphatic carbocycles. The van der Waals surface area contributed by atoms with Crippen LogP contribution in [0.5, 0.6) is 0 Å². The van der Waals surface area contributed by atoms with Crippen LogP contribution in [0.4, 0.5) is 4.79 Å². The third-order valence-electron chi connectivity index (χ3n) is 3.91. The molecule has 1 aromatic heterocycles. The van der Waals surface area contributed by atoms with E-state index >= 15 is 0 Å². The molecule has 0 radical (unpaired) electrons. The van der Waals surface area contributed by atoms with Crippen LogP contribution in [0.25, 0.3) is 0 Å². The van der Waals surface area contributed by atoms with Crippen LogP contribution in [-0.4, -0.2) is 35.3 Å². The first-order chi connectivity index (χ1) is 11.8. The Morgan fingerprint density at radius 1 is 1.40 bits per heavy atom. The van der Waals surface area contributed by atoms with Crippen LogP contribution in [0.15, 0.2) is 10.6 Å². The van der Waals surface area contributed by atoms with Crippen LogP contribution in [-0.2, 0) is 16.0 Å².